The molecule has 0 aliphatic heterocycles. The summed E-state index contributed by atoms with van der Waals surface area (Å²) in [5.41, 5.74) is 1.35. The number of amides is 1. The number of rotatable bonds is 5. The Bertz CT molecular complexity index is 442. The summed E-state index contributed by atoms with van der Waals surface area (Å²) in [6.45, 7) is 1.84. The van der Waals surface area contributed by atoms with E-state index >= 15 is 0 Å². The molecule has 0 bridgehead atoms. The monoisotopic (exact) mass is 258 g/mol. The zero-order chi connectivity index (χ0) is 12.8. The van der Waals surface area contributed by atoms with E-state index in [0.29, 0.717) is 0 Å². The van der Waals surface area contributed by atoms with E-state index in [9.17, 15) is 14.4 Å². The quantitative estimate of drug-likeness (QED) is 0.596. The molecule has 1 heterocycles. The maximum absolute atomic E-state index is 11.4. The molecule has 92 valence electrons. The molecule has 0 atom stereocenters. The van der Waals surface area contributed by atoms with E-state index in [0.717, 1.165) is 11.3 Å². The lowest BCUT2D eigenvalue weighted by Gasteiger charge is -2.03. The molecule has 1 amide bonds. The zero-order valence-electron chi connectivity index (χ0n) is 8.93. The first-order chi connectivity index (χ1) is 8.04. The number of nitrogens with one attached hydrogen (secondary N) is 1. The van der Waals surface area contributed by atoms with Crippen molar-refractivity contribution in [2.45, 2.75) is 13.3 Å². The molecule has 0 fully saturated rings. The third-order valence-electron chi connectivity index (χ3n) is 1.60. The molecule has 1 aromatic heterocycles. The SMILES string of the molecule is CCOC(=O)c1ncsc1NC(=O)CC(=O)O. The van der Waals surface area contributed by atoms with Crippen molar-refractivity contribution in [2.75, 3.05) is 11.9 Å². The summed E-state index contributed by atoms with van der Waals surface area (Å²) in [4.78, 5) is 36.6. The summed E-state index contributed by atoms with van der Waals surface area (Å²) in [6, 6.07) is 0. The number of hydrogen-bond acceptors (Lipinski definition) is 6. The number of nitrogens with zero attached hydrogens (tertiary/aromatic N) is 1. The fraction of sp³-hybridized carbons (Fsp3) is 0.333. The average Bonchev–Trinajstić information content (AvgIpc) is 2.64. The van der Waals surface area contributed by atoms with Crippen LogP contribution >= 0.6 is 11.3 Å². The number of aromatic nitrogens is 1. The third kappa shape index (κ3) is 3.83. The van der Waals surface area contributed by atoms with E-state index in [2.05, 4.69) is 10.3 Å². The van der Waals surface area contributed by atoms with Gasteiger partial charge in [0.1, 0.15) is 11.4 Å². The van der Waals surface area contributed by atoms with Crippen LogP contribution < -0.4 is 5.32 Å². The van der Waals surface area contributed by atoms with Gasteiger partial charge in [-0.15, -0.1) is 11.3 Å². The van der Waals surface area contributed by atoms with Gasteiger partial charge in [0.05, 0.1) is 12.1 Å². The molecule has 0 saturated heterocycles. The molecule has 1 aromatic rings. The van der Waals surface area contributed by atoms with Crippen molar-refractivity contribution in [3.05, 3.63) is 11.2 Å². The predicted molar refractivity (Wildman–Crippen MR) is 59.0 cm³/mol. The number of carboxylic acid groups (broad SMARTS) is 1. The molecule has 0 aliphatic carbocycles. The summed E-state index contributed by atoms with van der Waals surface area (Å²) in [5.74, 6) is -2.61. The third-order valence-corrected chi connectivity index (χ3v) is 2.34. The first-order valence-electron chi connectivity index (χ1n) is 4.66. The lowest BCUT2D eigenvalue weighted by Crippen LogP contribution is -2.17. The Kier molecular flexibility index (Phi) is 4.58. The highest BCUT2D eigenvalue weighted by molar-refractivity contribution is 7.14. The molecule has 8 heteroatoms. The molecule has 1 rings (SSSR count). The number of carbonyl (C=O) groups excluding carboxylic acids is 2. The largest absolute Gasteiger partial charge is 0.481 e. The van der Waals surface area contributed by atoms with Crippen LogP contribution in [0.2, 0.25) is 0 Å². The van der Waals surface area contributed by atoms with Gasteiger partial charge in [-0.1, -0.05) is 0 Å². The average molecular weight is 258 g/mol. The lowest BCUT2D eigenvalue weighted by molar-refractivity contribution is -0.139. The second kappa shape index (κ2) is 5.94. The lowest BCUT2D eigenvalue weighted by atomic mass is 10.4. The van der Waals surface area contributed by atoms with Gasteiger partial charge in [-0.2, -0.15) is 0 Å². The highest BCUT2D eigenvalue weighted by Crippen LogP contribution is 2.21. The number of anilines is 1. The van der Waals surface area contributed by atoms with E-state index in [-0.39, 0.29) is 17.3 Å². The van der Waals surface area contributed by atoms with Crippen LogP contribution in [0.25, 0.3) is 0 Å². The summed E-state index contributed by atoms with van der Waals surface area (Å²) >= 11 is 1.02. The maximum Gasteiger partial charge on any atom is 0.360 e. The van der Waals surface area contributed by atoms with Crippen molar-refractivity contribution in [3.63, 3.8) is 0 Å². The Morgan fingerprint density at radius 3 is 2.82 bits per heavy atom. The second-order valence-corrected chi connectivity index (χ2v) is 3.72. The fourth-order valence-corrected chi connectivity index (χ4v) is 1.67. The Morgan fingerprint density at radius 2 is 2.24 bits per heavy atom. The van der Waals surface area contributed by atoms with Crippen molar-refractivity contribution >= 4 is 34.2 Å². The van der Waals surface area contributed by atoms with Crippen molar-refractivity contribution in [3.8, 4) is 0 Å². The highest BCUT2D eigenvalue weighted by atomic mass is 32.1. The van der Waals surface area contributed by atoms with Crippen LogP contribution in [-0.2, 0) is 14.3 Å². The van der Waals surface area contributed by atoms with E-state index in [1.807, 2.05) is 0 Å². The van der Waals surface area contributed by atoms with Crippen LogP contribution in [0.5, 0.6) is 0 Å². The standard InChI is InChI=1S/C9H10N2O5S/c1-2-16-9(15)7-8(17-4-10-7)11-5(12)3-6(13)14/h4H,2-3H2,1H3,(H,11,12)(H,13,14). The van der Waals surface area contributed by atoms with Crippen LogP contribution in [0, 0.1) is 0 Å². The zero-order valence-corrected chi connectivity index (χ0v) is 9.74. The van der Waals surface area contributed by atoms with Crippen molar-refractivity contribution in [2.24, 2.45) is 0 Å². The number of carbonyl (C=O) groups is 3. The van der Waals surface area contributed by atoms with Crippen LogP contribution in [-0.4, -0.2) is 34.5 Å². The summed E-state index contributed by atoms with van der Waals surface area (Å²) in [5, 5.41) is 10.9. The molecule has 0 spiro atoms. The number of thiazole rings is 1. The van der Waals surface area contributed by atoms with Gasteiger partial charge in [-0.3, -0.25) is 9.59 Å². The van der Waals surface area contributed by atoms with Gasteiger partial charge in [0.25, 0.3) is 0 Å². The first kappa shape index (κ1) is 13.1. The molecule has 0 unspecified atom stereocenters. The summed E-state index contributed by atoms with van der Waals surface area (Å²) in [7, 11) is 0. The molecule has 0 aliphatic rings. The summed E-state index contributed by atoms with van der Waals surface area (Å²) < 4.78 is 4.73. The topological polar surface area (TPSA) is 106 Å². The van der Waals surface area contributed by atoms with Crippen LogP contribution in [0.15, 0.2) is 5.51 Å². The predicted octanol–water partition coefficient (Wildman–Crippen LogP) is 0.733. The molecule has 0 aromatic carbocycles. The smallest absolute Gasteiger partial charge is 0.360 e. The van der Waals surface area contributed by atoms with E-state index < -0.39 is 24.3 Å². The number of carboxylic acids is 1. The van der Waals surface area contributed by atoms with Gasteiger partial charge in [0, 0.05) is 0 Å². The van der Waals surface area contributed by atoms with Gasteiger partial charge in [-0.05, 0) is 6.92 Å². The van der Waals surface area contributed by atoms with Crippen LogP contribution in [0.4, 0.5) is 5.00 Å². The van der Waals surface area contributed by atoms with Crippen molar-refractivity contribution in [1.29, 1.82) is 0 Å². The van der Waals surface area contributed by atoms with E-state index in [4.69, 9.17) is 9.84 Å². The number of hydrogen-bond donors (Lipinski definition) is 2. The minimum atomic E-state index is -1.25. The Balaban J connectivity index is 2.72. The Hall–Kier alpha value is -1.96. The molecular formula is C9H10N2O5S. The molecule has 2 N–H and O–H groups in total. The molecule has 0 saturated carbocycles. The second-order valence-electron chi connectivity index (χ2n) is 2.87. The number of esters is 1. The highest BCUT2D eigenvalue weighted by Gasteiger charge is 2.18. The van der Waals surface area contributed by atoms with Gasteiger partial charge in [0.15, 0.2) is 5.69 Å². The van der Waals surface area contributed by atoms with Crippen LogP contribution in [0.3, 0.4) is 0 Å². The Morgan fingerprint density at radius 1 is 1.53 bits per heavy atom. The minimum Gasteiger partial charge on any atom is -0.481 e. The molecular weight excluding hydrogens is 248 g/mol. The number of ether oxygens (including phenoxy) is 1. The van der Waals surface area contributed by atoms with Gasteiger partial charge in [-0.25, -0.2) is 9.78 Å². The van der Waals surface area contributed by atoms with E-state index in [1.54, 1.807) is 6.92 Å². The van der Waals surface area contributed by atoms with Crippen molar-refractivity contribution < 1.29 is 24.2 Å². The molecule has 17 heavy (non-hydrogen) atoms. The minimum absolute atomic E-state index is 0.0180. The van der Waals surface area contributed by atoms with Crippen LogP contribution in [0.1, 0.15) is 23.8 Å². The van der Waals surface area contributed by atoms with Gasteiger partial charge in [0.2, 0.25) is 5.91 Å². The number of aliphatic carboxylic acids is 1. The molecule has 7 nitrogen and oxygen atoms in total. The summed E-state index contributed by atoms with van der Waals surface area (Å²) in [6.07, 6.45) is -0.667. The maximum atomic E-state index is 11.4. The fourth-order valence-electron chi connectivity index (χ4n) is 0.988. The molecule has 0 radical (unpaired) electrons. The van der Waals surface area contributed by atoms with Gasteiger partial charge >= 0.3 is 11.9 Å². The van der Waals surface area contributed by atoms with Gasteiger partial charge < -0.3 is 15.2 Å². The normalized spacial score (nSPS) is 9.71. The van der Waals surface area contributed by atoms with Crippen molar-refractivity contribution in [1.82, 2.24) is 4.98 Å². The first-order valence-corrected chi connectivity index (χ1v) is 5.54. The Labute approximate surface area is 100 Å². The van der Waals surface area contributed by atoms with E-state index in [1.165, 1.54) is 5.51 Å².